The van der Waals surface area contributed by atoms with E-state index in [0.717, 1.165) is 31.9 Å². The Morgan fingerprint density at radius 3 is 1.65 bits per heavy atom. The van der Waals surface area contributed by atoms with Crippen LogP contribution in [0.3, 0.4) is 0 Å². The Bertz CT molecular complexity index is 1350. The van der Waals surface area contributed by atoms with Crippen molar-refractivity contribution in [2.75, 3.05) is 6.61 Å². The molecule has 0 bridgehead atoms. The van der Waals surface area contributed by atoms with E-state index in [1.54, 1.807) is 6.92 Å². The van der Waals surface area contributed by atoms with Gasteiger partial charge in [-0.05, 0) is 18.1 Å². The number of benzene rings is 2. The van der Waals surface area contributed by atoms with Crippen molar-refractivity contribution in [3.63, 3.8) is 0 Å². The molecule has 2 heterocycles. The molecule has 2 aliphatic heterocycles. The lowest BCUT2D eigenvalue weighted by Gasteiger charge is -2.48. The summed E-state index contributed by atoms with van der Waals surface area (Å²) >= 11 is 0. The molecule has 0 radical (unpaired) electrons. The number of aliphatic hydroxyl groups is 1. The summed E-state index contributed by atoms with van der Waals surface area (Å²) in [6.07, 6.45) is -12.6. The van der Waals surface area contributed by atoms with Gasteiger partial charge in [0.2, 0.25) is 0 Å². The first-order valence-corrected chi connectivity index (χ1v) is 15.5. The maximum Gasteiger partial charge on any atom is 0.303 e. The topological polar surface area (TPSA) is 172 Å². The van der Waals surface area contributed by atoms with E-state index in [4.69, 9.17) is 42.6 Å². The Hall–Kier alpha value is -3.92. The zero-order valence-electron chi connectivity index (χ0n) is 27.4. The predicted octanol–water partition coefficient (Wildman–Crippen LogP) is 2.36. The summed E-state index contributed by atoms with van der Waals surface area (Å²) in [6, 6.07) is 18.8. The SMILES string of the molecule is CC(=O)OC[C@@H]1O[C@@H](OC2[C@H](O)O[C@@H](C)[C@H](OCc3ccccc3)[C@H]2OCc2ccccc2)[C@H](OC(C)=O)[C@H](OC(C)=O)[C@H]1OC(C)=O. The van der Waals surface area contributed by atoms with Gasteiger partial charge in [-0.15, -0.1) is 0 Å². The first kappa shape index (κ1) is 36.9. The molecule has 0 aliphatic carbocycles. The van der Waals surface area contributed by atoms with E-state index in [2.05, 4.69) is 0 Å². The van der Waals surface area contributed by atoms with Crippen LogP contribution in [0.2, 0.25) is 0 Å². The fraction of sp³-hybridized carbons (Fsp3) is 0.529. The molecule has 14 heteroatoms. The van der Waals surface area contributed by atoms with Gasteiger partial charge < -0.3 is 47.7 Å². The van der Waals surface area contributed by atoms with Gasteiger partial charge >= 0.3 is 23.9 Å². The molecule has 0 saturated carbocycles. The monoisotopic (exact) mass is 674 g/mol. The van der Waals surface area contributed by atoms with E-state index in [1.165, 1.54) is 6.92 Å². The summed E-state index contributed by atoms with van der Waals surface area (Å²) in [5, 5.41) is 11.3. The lowest BCUT2D eigenvalue weighted by molar-refractivity contribution is -0.366. The summed E-state index contributed by atoms with van der Waals surface area (Å²) in [7, 11) is 0. The molecular weight excluding hydrogens is 632 g/mol. The Morgan fingerprint density at radius 2 is 1.12 bits per heavy atom. The van der Waals surface area contributed by atoms with Crippen molar-refractivity contribution in [3.8, 4) is 0 Å². The molecular formula is C34H42O14. The summed E-state index contributed by atoms with van der Waals surface area (Å²) in [4.78, 5) is 48.5. The highest BCUT2D eigenvalue weighted by atomic mass is 16.8. The second-order valence-corrected chi connectivity index (χ2v) is 11.4. The van der Waals surface area contributed by atoms with Crippen LogP contribution >= 0.6 is 0 Å². The van der Waals surface area contributed by atoms with Gasteiger partial charge in [0, 0.05) is 27.7 Å². The van der Waals surface area contributed by atoms with Crippen LogP contribution in [-0.4, -0.2) is 97.0 Å². The molecule has 1 unspecified atom stereocenters. The molecule has 14 nitrogen and oxygen atoms in total. The molecule has 262 valence electrons. The third-order valence-electron chi connectivity index (χ3n) is 7.56. The highest BCUT2D eigenvalue weighted by Crippen LogP contribution is 2.35. The quantitative estimate of drug-likeness (QED) is 0.242. The van der Waals surface area contributed by atoms with Crippen molar-refractivity contribution < 1.29 is 66.9 Å². The lowest BCUT2D eigenvalue weighted by Crippen LogP contribution is -2.66. The lowest BCUT2D eigenvalue weighted by atomic mass is 9.96. The van der Waals surface area contributed by atoms with E-state index in [-0.39, 0.29) is 13.2 Å². The van der Waals surface area contributed by atoms with Gasteiger partial charge in [0.05, 0.1) is 19.3 Å². The van der Waals surface area contributed by atoms with Gasteiger partial charge in [0.1, 0.15) is 31.0 Å². The molecule has 2 fully saturated rings. The Morgan fingerprint density at radius 1 is 0.625 bits per heavy atom. The normalized spacial score (nSPS) is 30.1. The number of hydrogen-bond acceptors (Lipinski definition) is 14. The summed E-state index contributed by atoms with van der Waals surface area (Å²) in [6.45, 7) is 6.10. The van der Waals surface area contributed by atoms with Gasteiger partial charge in [-0.1, -0.05) is 60.7 Å². The predicted molar refractivity (Wildman–Crippen MR) is 163 cm³/mol. The van der Waals surface area contributed by atoms with Gasteiger partial charge in [-0.3, -0.25) is 19.2 Å². The van der Waals surface area contributed by atoms with Crippen LogP contribution in [0.5, 0.6) is 0 Å². The third kappa shape index (κ3) is 10.3. The minimum absolute atomic E-state index is 0.106. The molecule has 4 rings (SSSR count). The Labute approximate surface area is 278 Å². The van der Waals surface area contributed by atoms with Crippen molar-refractivity contribution in [1.82, 2.24) is 0 Å². The standard InChI is InChI=1S/C34H42O14/c1-19-27(41-16-24-12-8-6-9-13-24)29(42-17-25-14-10-7-11-15-25)31(33(39)43-19)48-34-32(46-23(5)38)30(45-22(4)37)28(44-21(3)36)26(47-34)18-40-20(2)35/h6-15,19,26-34,39H,16-18H2,1-5H3/t19-,26-,27-,28-,29+,30+,31?,32+,33+,34-/m0/s1. The number of carbonyl (C=O) groups is 4. The molecule has 2 aromatic rings. The van der Waals surface area contributed by atoms with Gasteiger partial charge in [-0.2, -0.15) is 0 Å². The summed E-state index contributed by atoms with van der Waals surface area (Å²) < 4.78 is 52.6. The third-order valence-corrected chi connectivity index (χ3v) is 7.56. The zero-order valence-corrected chi connectivity index (χ0v) is 27.4. The van der Waals surface area contributed by atoms with Gasteiger partial charge in [0.25, 0.3) is 0 Å². The maximum atomic E-state index is 12.3. The highest BCUT2D eigenvalue weighted by Gasteiger charge is 2.55. The van der Waals surface area contributed by atoms with Gasteiger partial charge in [0.15, 0.2) is 30.9 Å². The fourth-order valence-electron chi connectivity index (χ4n) is 5.54. The first-order valence-electron chi connectivity index (χ1n) is 15.5. The van der Waals surface area contributed by atoms with Crippen LogP contribution in [0.4, 0.5) is 0 Å². The van der Waals surface area contributed by atoms with E-state index < -0.39 is 91.9 Å². The van der Waals surface area contributed by atoms with Crippen molar-refractivity contribution in [3.05, 3.63) is 71.8 Å². The second-order valence-electron chi connectivity index (χ2n) is 11.4. The highest BCUT2D eigenvalue weighted by molar-refractivity contribution is 5.68. The number of hydrogen-bond donors (Lipinski definition) is 1. The largest absolute Gasteiger partial charge is 0.463 e. The molecule has 10 atom stereocenters. The number of rotatable bonds is 13. The van der Waals surface area contributed by atoms with Crippen molar-refractivity contribution >= 4 is 23.9 Å². The van der Waals surface area contributed by atoms with E-state index in [1.807, 2.05) is 60.7 Å². The van der Waals surface area contributed by atoms with Gasteiger partial charge in [-0.25, -0.2) is 0 Å². The molecule has 2 saturated heterocycles. The first-order chi connectivity index (χ1) is 22.9. The molecule has 0 aromatic heterocycles. The average molecular weight is 675 g/mol. The minimum atomic E-state index is -1.59. The van der Waals surface area contributed by atoms with E-state index >= 15 is 0 Å². The number of esters is 4. The summed E-state index contributed by atoms with van der Waals surface area (Å²) in [5.41, 5.74) is 1.72. The van der Waals surface area contributed by atoms with E-state index in [9.17, 15) is 24.3 Å². The minimum Gasteiger partial charge on any atom is -0.463 e. The Balaban J connectivity index is 1.70. The number of aliphatic hydroxyl groups excluding tert-OH is 1. The van der Waals surface area contributed by atoms with Crippen molar-refractivity contribution in [2.24, 2.45) is 0 Å². The molecule has 1 N–H and O–H groups in total. The molecule has 2 aromatic carbocycles. The average Bonchev–Trinajstić information content (AvgIpc) is 3.03. The van der Waals surface area contributed by atoms with Crippen molar-refractivity contribution in [2.45, 2.75) is 109 Å². The Kier molecular flexibility index (Phi) is 13.4. The van der Waals surface area contributed by atoms with Crippen LogP contribution < -0.4 is 0 Å². The maximum absolute atomic E-state index is 12.3. The van der Waals surface area contributed by atoms with Crippen LogP contribution in [0.25, 0.3) is 0 Å². The summed E-state index contributed by atoms with van der Waals surface area (Å²) in [5.74, 6) is -3.03. The number of carbonyl (C=O) groups excluding carboxylic acids is 4. The molecule has 0 spiro atoms. The van der Waals surface area contributed by atoms with E-state index in [0.29, 0.717) is 0 Å². The van der Waals surface area contributed by atoms with Crippen LogP contribution in [-0.2, 0) is 75.0 Å². The number of ether oxygens (including phenoxy) is 9. The molecule has 48 heavy (non-hydrogen) atoms. The molecule has 2 aliphatic rings. The van der Waals surface area contributed by atoms with Crippen LogP contribution in [0.1, 0.15) is 45.7 Å². The fourth-order valence-corrected chi connectivity index (χ4v) is 5.54. The van der Waals surface area contributed by atoms with Crippen LogP contribution in [0, 0.1) is 0 Å². The van der Waals surface area contributed by atoms with Crippen LogP contribution in [0.15, 0.2) is 60.7 Å². The van der Waals surface area contributed by atoms with Crippen molar-refractivity contribution in [1.29, 1.82) is 0 Å². The second kappa shape index (κ2) is 17.5. The smallest absolute Gasteiger partial charge is 0.303 e. The molecule has 0 amide bonds. The zero-order chi connectivity index (χ0) is 34.8.